The number of halogens is 1. The molecule has 0 saturated carbocycles. The average Bonchev–Trinajstić information content (AvgIpc) is 2.70. The van der Waals surface area contributed by atoms with E-state index < -0.39 is 0 Å². The van der Waals surface area contributed by atoms with Crippen molar-refractivity contribution in [3.05, 3.63) is 14.5 Å². The molecule has 0 spiro atoms. The van der Waals surface area contributed by atoms with E-state index in [0.29, 0.717) is 12.0 Å². The Balaban J connectivity index is 2.22. The van der Waals surface area contributed by atoms with E-state index in [4.69, 9.17) is 0 Å². The van der Waals surface area contributed by atoms with Gasteiger partial charge in [-0.1, -0.05) is 13.8 Å². The van der Waals surface area contributed by atoms with E-state index in [-0.39, 0.29) is 0 Å². The predicted molar refractivity (Wildman–Crippen MR) is 63.9 cm³/mol. The normalized spacial score (nSPS) is 22.1. The molecule has 1 aromatic heterocycles. The Kier molecular flexibility index (Phi) is 3.24. The van der Waals surface area contributed by atoms with E-state index in [9.17, 15) is 0 Å². The molecule has 1 N–H and O–H groups in total. The summed E-state index contributed by atoms with van der Waals surface area (Å²) in [6, 6.07) is 0.504. The fourth-order valence-corrected chi connectivity index (χ4v) is 3.81. The maximum Gasteiger partial charge on any atom is 0.120 e. The lowest BCUT2D eigenvalue weighted by molar-refractivity contribution is 0.642. The molecule has 14 heavy (non-hydrogen) atoms. The molecule has 78 valence electrons. The minimum atomic E-state index is 0.504. The van der Waals surface area contributed by atoms with E-state index in [1.54, 1.807) is 0 Å². The third-order valence-corrected chi connectivity index (χ3v) is 4.85. The highest BCUT2D eigenvalue weighted by molar-refractivity contribution is 9.10. The smallest absolute Gasteiger partial charge is 0.120 e. The molecular weight excluding hydrogens is 260 g/mol. The maximum absolute atomic E-state index is 4.59. The van der Waals surface area contributed by atoms with Crippen LogP contribution in [0.5, 0.6) is 0 Å². The first kappa shape index (κ1) is 10.6. The van der Waals surface area contributed by atoms with Crippen LogP contribution in [-0.2, 0) is 0 Å². The first-order chi connectivity index (χ1) is 6.68. The summed E-state index contributed by atoms with van der Waals surface area (Å²) >= 11 is 5.38. The Morgan fingerprint density at radius 1 is 1.57 bits per heavy atom. The van der Waals surface area contributed by atoms with Gasteiger partial charge >= 0.3 is 0 Å². The first-order valence-electron chi connectivity index (χ1n) is 5.08. The third kappa shape index (κ3) is 2.02. The molecule has 1 aliphatic rings. The van der Waals surface area contributed by atoms with Gasteiger partial charge in [0.15, 0.2) is 0 Å². The minimum Gasteiger partial charge on any atom is -0.308 e. The zero-order chi connectivity index (χ0) is 10.1. The van der Waals surface area contributed by atoms with Gasteiger partial charge in [0.1, 0.15) is 9.61 Å². The van der Waals surface area contributed by atoms with Crippen LogP contribution in [0.1, 0.15) is 48.5 Å². The van der Waals surface area contributed by atoms with Gasteiger partial charge in [-0.2, -0.15) is 0 Å². The van der Waals surface area contributed by atoms with Crippen LogP contribution in [0.15, 0.2) is 4.60 Å². The Morgan fingerprint density at radius 3 is 2.86 bits per heavy atom. The molecule has 1 saturated heterocycles. The summed E-state index contributed by atoms with van der Waals surface area (Å²) in [4.78, 5) is 5.96. The second-order valence-corrected chi connectivity index (χ2v) is 5.82. The average molecular weight is 275 g/mol. The summed E-state index contributed by atoms with van der Waals surface area (Å²) in [6.07, 6.45) is 2.51. The highest BCUT2D eigenvalue weighted by Gasteiger charge is 2.22. The Bertz CT molecular complexity index is 316. The van der Waals surface area contributed by atoms with E-state index in [1.807, 2.05) is 11.3 Å². The molecule has 2 nitrogen and oxygen atoms in total. The van der Waals surface area contributed by atoms with E-state index in [2.05, 4.69) is 40.1 Å². The predicted octanol–water partition coefficient (Wildman–Crippen LogP) is 3.45. The van der Waals surface area contributed by atoms with Gasteiger partial charge in [0.25, 0.3) is 0 Å². The summed E-state index contributed by atoms with van der Waals surface area (Å²) < 4.78 is 1.04. The molecule has 0 bridgehead atoms. The zero-order valence-corrected chi connectivity index (χ0v) is 10.9. The van der Waals surface area contributed by atoms with Gasteiger partial charge in [0, 0.05) is 4.88 Å². The van der Waals surface area contributed by atoms with Crippen molar-refractivity contribution in [2.24, 2.45) is 0 Å². The quantitative estimate of drug-likeness (QED) is 0.894. The van der Waals surface area contributed by atoms with Crippen LogP contribution < -0.4 is 5.32 Å². The van der Waals surface area contributed by atoms with Gasteiger partial charge < -0.3 is 5.32 Å². The fraction of sp³-hybridized carbons (Fsp3) is 0.700. The van der Waals surface area contributed by atoms with E-state index in [0.717, 1.165) is 11.1 Å². The van der Waals surface area contributed by atoms with E-state index in [1.165, 1.54) is 22.7 Å². The molecule has 0 radical (unpaired) electrons. The molecule has 1 fully saturated rings. The Labute approximate surface area is 97.3 Å². The van der Waals surface area contributed by atoms with Crippen molar-refractivity contribution in [3.8, 4) is 0 Å². The topological polar surface area (TPSA) is 24.9 Å². The number of hydrogen-bond acceptors (Lipinski definition) is 3. The summed E-state index contributed by atoms with van der Waals surface area (Å²) in [5.41, 5.74) is 0. The van der Waals surface area contributed by atoms with Crippen LogP contribution in [0.25, 0.3) is 0 Å². The molecule has 0 aromatic carbocycles. The van der Waals surface area contributed by atoms with Gasteiger partial charge in [-0.05, 0) is 41.2 Å². The number of rotatable bonds is 2. The number of nitrogens with zero attached hydrogens (tertiary/aromatic N) is 1. The molecule has 1 atom stereocenters. The van der Waals surface area contributed by atoms with Crippen LogP contribution >= 0.6 is 27.3 Å². The molecule has 2 heterocycles. The standard InChI is InChI=1S/C10H15BrN2S/c1-6(2)8-9(11)13-10(14-8)7-4-3-5-12-7/h6-7,12H,3-5H2,1-2H3. The third-order valence-electron chi connectivity index (χ3n) is 2.51. The molecular formula is C10H15BrN2S. The Hall–Kier alpha value is 0.0700. The van der Waals surface area contributed by atoms with Crippen LogP contribution in [0, 0.1) is 0 Å². The van der Waals surface area contributed by atoms with Gasteiger partial charge in [-0.3, -0.25) is 0 Å². The van der Waals surface area contributed by atoms with Crippen molar-refractivity contribution in [1.82, 2.24) is 10.3 Å². The molecule has 1 aromatic rings. The van der Waals surface area contributed by atoms with Crippen LogP contribution in [0.2, 0.25) is 0 Å². The van der Waals surface area contributed by atoms with Crippen molar-refractivity contribution >= 4 is 27.3 Å². The van der Waals surface area contributed by atoms with E-state index >= 15 is 0 Å². The van der Waals surface area contributed by atoms with Gasteiger partial charge in [-0.15, -0.1) is 11.3 Å². The highest BCUT2D eigenvalue weighted by atomic mass is 79.9. The summed E-state index contributed by atoms with van der Waals surface area (Å²) in [7, 11) is 0. The van der Waals surface area contributed by atoms with Gasteiger partial charge in [0.05, 0.1) is 6.04 Å². The van der Waals surface area contributed by atoms with Crippen molar-refractivity contribution in [3.63, 3.8) is 0 Å². The fourth-order valence-electron chi connectivity index (χ4n) is 1.73. The number of hydrogen-bond donors (Lipinski definition) is 1. The van der Waals surface area contributed by atoms with Crippen LogP contribution in [-0.4, -0.2) is 11.5 Å². The monoisotopic (exact) mass is 274 g/mol. The summed E-state index contributed by atoms with van der Waals surface area (Å²) in [6.45, 7) is 5.56. The van der Waals surface area contributed by atoms with Crippen molar-refractivity contribution < 1.29 is 0 Å². The maximum atomic E-state index is 4.59. The van der Waals surface area contributed by atoms with Crippen molar-refractivity contribution in [1.29, 1.82) is 0 Å². The molecule has 0 aliphatic carbocycles. The summed E-state index contributed by atoms with van der Waals surface area (Å²) in [5.74, 6) is 0.567. The van der Waals surface area contributed by atoms with Crippen molar-refractivity contribution in [2.45, 2.75) is 38.6 Å². The van der Waals surface area contributed by atoms with Crippen LogP contribution in [0.3, 0.4) is 0 Å². The minimum absolute atomic E-state index is 0.504. The van der Waals surface area contributed by atoms with Gasteiger partial charge in [0.2, 0.25) is 0 Å². The van der Waals surface area contributed by atoms with Gasteiger partial charge in [-0.25, -0.2) is 4.98 Å². The second kappa shape index (κ2) is 4.29. The lowest BCUT2D eigenvalue weighted by Crippen LogP contribution is -2.12. The highest BCUT2D eigenvalue weighted by Crippen LogP contribution is 2.35. The van der Waals surface area contributed by atoms with Crippen molar-refractivity contribution in [2.75, 3.05) is 6.54 Å². The Morgan fingerprint density at radius 2 is 2.36 bits per heavy atom. The summed E-state index contributed by atoms with van der Waals surface area (Å²) in [5, 5.41) is 4.73. The molecule has 1 aliphatic heterocycles. The lowest BCUT2D eigenvalue weighted by atomic mass is 10.2. The first-order valence-corrected chi connectivity index (χ1v) is 6.69. The zero-order valence-electron chi connectivity index (χ0n) is 8.51. The number of aromatic nitrogens is 1. The molecule has 2 rings (SSSR count). The molecule has 4 heteroatoms. The number of nitrogens with one attached hydrogen (secondary N) is 1. The second-order valence-electron chi connectivity index (χ2n) is 4.01. The molecule has 0 amide bonds. The largest absolute Gasteiger partial charge is 0.308 e. The lowest BCUT2D eigenvalue weighted by Gasteiger charge is -2.04. The SMILES string of the molecule is CC(C)c1sc(C2CCCN2)nc1Br. The number of thiazole rings is 1. The van der Waals surface area contributed by atoms with Crippen LogP contribution in [0.4, 0.5) is 0 Å². The molecule has 1 unspecified atom stereocenters.